The van der Waals surface area contributed by atoms with Crippen LogP contribution in [0, 0.1) is 0 Å². The maximum atomic E-state index is 12.9. The van der Waals surface area contributed by atoms with E-state index in [1.54, 1.807) is 46.6 Å². The molecule has 0 N–H and O–H groups in total. The molecular formula is C20H22N4O2S. The third-order valence-corrected chi connectivity index (χ3v) is 6.30. The lowest BCUT2D eigenvalue weighted by molar-refractivity contribution is -0.130. The Labute approximate surface area is 161 Å². The molecule has 3 aromatic rings. The quantitative estimate of drug-likeness (QED) is 0.680. The lowest BCUT2D eigenvalue weighted by Gasteiger charge is -2.17. The Morgan fingerprint density at radius 1 is 1.26 bits per heavy atom. The van der Waals surface area contributed by atoms with Gasteiger partial charge in [0.2, 0.25) is 5.91 Å². The molecule has 140 valence electrons. The van der Waals surface area contributed by atoms with E-state index in [4.69, 9.17) is 0 Å². The molecule has 0 atom stereocenters. The maximum absolute atomic E-state index is 12.9. The first-order valence-corrected chi connectivity index (χ1v) is 10.1. The molecule has 3 aromatic heterocycles. The lowest BCUT2D eigenvalue weighted by Crippen LogP contribution is -2.29. The second-order valence-corrected chi connectivity index (χ2v) is 8.07. The number of hydrogen-bond acceptors (Lipinski definition) is 5. The highest BCUT2D eigenvalue weighted by molar-refractivity contribution is 7.18. The molecule has 0 spiro atoms. The van der Waals surface area contributed by atoms with Crippen molar-refractivity contribution in [3.8, 4) is 0 Å². The first kappa shape index (κ1) is 17.9. The van der Waals surface area contributed by atoms with Gasteiger partial charge in [0, 0.05) is 43.8 Å². The molecule has 3 heterocycles. The predicted molar refractivity (Wildman–Crippen MR) is 106 cm³/mol. The second-order valence-electron chi connectivity index (χ2n) is 6.99. The summed E-state index contributed by atoms with van der Waals surface area (Å²) in [5.74, 6) is 0.00570. The molecule has 0 saturated carbocycles. The van der Waals surface area contributed by atoms with Crippen molar-refractivity contribution in [2.24, 2.45) is 0 Å². The molecule has 0 unspecified atom stereocenters. The number of nitrogens with zero attached hydrogens (tertiary/aromatic N) is 4. The molecule has 27 heavy (non-hydrogen) atoms. The van der Waals surface area contributed by atoms with Crippen LogP contribution in [-0.2, 0) is 30.7 Å². The summed E-state index contributed by atoms with van der Waals surface area (Å²) >= 11 is 1.65. The number of amides is 1. The van der Waals surface area contributed by atoms with Crippen LogP contribution < -0.4 is 5.56 Å². The van der Waals surface area contributed by atoms with Crippen LogP contribution in [0.15, 0.2) is 35.6 Å². The first-order valence-electron chi connectivity index (χ1n) is 9.26. The minimum atomic E-state index is -0.0102. The van der Waals surface area contributed by atoms with Gasteiger partial charge in [0.05, 0.1) is 11.7 Å². The van der Waals surface area contributed by atoms with Crippen LogP contribution in [0.2, 0.25) is 0 Å². The normalized spacial score (nSPS) is 13.5. The van der Waals surface area contributed by atoms with Gasteiger partial charge in [-0.05, 0) is 48.9 Å². The third kappa shape index (κ3) is 3.64. The summed E-state index contributed by atoms with van der Waals surface area (Å²) < 4.78 is 1.59. The second kappa shape index (κ2) is 7.60. The minimum Gasteiger partial charge on any atom is -0.341 e. The largest absolute Gasteiger partial charge is 0.341 e. The molecule has 1 amide bonds. The third-order valence-electron chi connectivity index (χ3n) is 5.10. The Hall–Kier alpha value is -2.54. The SMILES string of the molecule is CN(Cc1ccncc1)C(=O)CCn1cnc2sc3c(c2c1=O)CCCC3. The summed E-state index contributed by atoms with van der Waals surface area (Å²) in [6.45, 7) is 0.886. The number of thiophene rings is 1. The Morgan fingerprint density at radius 2 is 2.04 bits per heavy atom. The Kier molecular flexibility index (Phi) is 5.03. The van der Waals surface area contributed by atoms with Gasteiger partial charge in [0.25, 0.3) is 5.56 Å². The molecule has 0 fully saturated rings. The van der Waals surface area contributed by atoms with Gasteiger partial charge in [-0.2, -0.15) is 0 Å². The molecule has 6 nitrogen and oxygen atoms in total. The summed E-state index contributed by atoms with van der Waals surface area (Å²) in [6.07, 6.45) is 9.63. The average molecular weight is 382 g/mol. The zero-order chi connectivity index (χ0) is 18.8. The fraction of sp³-hybridized carbons (Fsp3) is 0.400. The van der Waals surface area contributed by atoms with Crippen molar-refractivity contribution in [3.63, 3.8) is 0 Å². The number of aryl methyl sites for hydroxylation is 3. The highest BCUT2D eigenvalue weighted by Gasteiger charge is 2.20. The van der Waals surface area contributed by atoms with Gasteiger partial charge in [-0.15, -0.1) is 11.3 Å². The first-order chi connectivity index (χ1) is 13.1. The number of rotatable bonds is 5. The fourth-order valence-electron chi connectivity index (χ4n) is 3.60. The van der Waals surface area contributed by atoms with Gasteiger partial charge in [-0.25, -0.2) is 4.98 Å². The minimum absolute atomic E-state index is 0.00570. The van der Waals surface area contributed by atoms with Crippen molar-refractivity contribution >= 4 is 27.5 Å². The van der Waals surface area contributed by atoms with Gasteiger partial charge in [0.15, 0.2) is 0 Å². The van der Waals surface area contributed by atoms with E-state index in [-0.39, 0.29) is 17.9 Å². The molecular weight excluding hydrogens is 360 g/mol. The topological polar surface area (TPSA) is 68.1 Å². The zero-order valence-electron chi connectivity index (χ0n) is 15.4. The highest BCUT2D eigenvalue weighted by Crippen LogP contribution is 2.33. The Balaban J connectivity index is 1.48. The van der Waals surface area contributed by atoms with E-state index in [0.29, 0.717) is 13.1 Å². The van der Waals surface area contributed by atoms with Crippen LogP contribution in [0.4, 0.5) is 0 Å². The smallest absolute Gasteiger partial charge is 0.262 e. The van der Waals surface area contributed by atoms with E-state index < -0.39 is 0 Å². The molecule has 0 bridgehead atoms. The summed E-state index contributed by atoms with van der Waals surface area (Å²) in [5.41, 5.74) is 2.21. The lowest BCUT2D eigenvalue weighted by atomic mass is 9.97. The van der Waals surface area contributed by atoms with Crippen LogP contribution in [0.1, 0.15) is 35.3 Å². The van der Waals surface area contributed by atoms with Crippen molar-refractivity contribution in [1.29, 1.82) is 0 Å². The van der Waals surface area contributed by atoms with E-state index in [9.17, 15) is 9.59 Å². The van der Waals surface area contributed by atoms with Crippen molar-refractivity contribution in [2.45, 2.75) is 45.2 Å². The number of carbonyl (C=O) groups excluding carboxylic acids is 1. The molecule has 1 aliphatic rings. The molecule has 4 rings (SSSR count). The zero-order valence-corrected chi connectivity index (χ0v) is 16.2. The van der Waals surface area contributed by atoms with Crippen LogP contribution in [0.25, 0.3) is 10.2 Å². The van der Waals surface area contributed by atoms with Crippen molar-refractivity contribution < 1.29 is 4.79 Å². The van der Waals surface area contributed by atoms with Crippen LogP contribution >= 0.6 is 11.3 Å². The van der Waals surface area contributed by atoms with Gasteiger partial charge >= 0.3 is 0 Å². The van der Waals surface area contributed by atoms with E-state index >= 15 is 0 Å². The summed E-state index contributed by atoms with van der Waals surface area (Å²) in [5, 5.41) is 0.773. The number of pyridine rings is 1. The number of fused-ring (bicyclic) bond motifs is 3. The molecule has 0 aromatic carbocycles. The summed E-state index contributed by atoms with van der Waals surface area (Å²) in [4.78, 5) is 37.7. The summed E-state index contributed by atoms with van der Waals surface area (Å²) in [6, 6.07) is 3.79. The highest BCUT2D eigenvalue weighted by atomic mass is 32.1. The summed E-state index contributed by atoms with van der Waals surface area (Å²) in [7, 11) is 1.78. The molecule has 0 aliphatic heterocycles. The van der Waals surface area contributed by atoms with E-state index in [0.717, 1.165) is 35.0 Å². The average Bonchev–Trinajstić information content (AvgIpc) is 3.07. The molecule has 0 radical (unpaired) electrons. The Morgan fingerprint density at radius 3 is 2.85 bits per heavy atom. The van der Waals surface area contributed by atoms with Crippen molar-refractivity contribution in [1.82, 2.24) is 19.4 Å². The molecule has 7 heteroatoms. The predicted octanol–water partition coefficient (Wildman–Crippen LogP) is 2.78. The fourth-order valence-corrected chi connectivity index (χ4v) is 4.82. The van der Waals surface area contributed by atoms with Crippen LogP contribution in [-0.4, -0.2) is 32.4 Å². The van der Waals surface area contributed by atoms with Gasteiger partial charge in [-0.1, -0.05) is 0 Å². The number of carbonyl (C=O) groups is 1. The van der Waals surface area contributed by atoms with Gasteiger partial charge < -0.3 is 4.90 Å². The Bertz CT molecular complexity index is 1030. The number of aromatic nitrogens is 3. The standard InChI is InChI=1S/C20H22N4O2S/c1-23(12-14-6-9-21-10-7-14)17(25)8-11-24-13-22-19-18(20(24)26)15-4-2-3-5-16(15)27-19/h6-7,9-10,13H,2-5,8,11-12H2,1H3. The van der Waals surface area contributed by atoms with Crippen LogP contribution in [0.5, 0.6) is 0 Å². The van der Waals surface area contributed by atoms with Crippen molar-refractivity contribution in [2.75, 3.05) is 7.05 Å². The van der Waals surface area contributed by atoms with Gasteiger partial charge in [0.1, 0.15) is 4.83 Å². The monoisotopic (exact) mass is 382 g/mol. The molecule has 0 saturated heterocycles. The number of hydrogen-bond donors (Lipinski definition) is 0. The van der Waals surface area contributed by atoms with E-state index in [2.05, 4.69) is 9.97 Å². The molecule has 1 aliphatic carbocycles. The van der Waals surface area contributed by atoms with Crippen LogP contribution in [0.3, 0.4) is 0 Å². The van der Waals surface area contributed by atoms with Gasteiger partial charge in [-0.3, -0.25) is 19.1 Å². The van der Waals surface area contributed by atoms with E-state index in [1.165, 1.54) is 16.9 Å². The van der Waals surface area contributed by atoms with Crippen molar-refractivity contribution in [3.05, 3.63) is 57.2 Å². The van der Waals surface area contributed by atoms with E-state index in [1.807, 2.05) is 12.1 Å². The maximum Gasteiger partial charge on any atom is 0.262 e.